The lowest BCUT2D eigenvalue weighted by atomic mass is 9.91. The van der Waals surface area contributed by atoms with Gasteiger partial charge in [-0.1, -0.05) is 60.7 Å². The molecular formula is C27H28N6O2. The van der Waals surface area contributed by atoms with Gasteiger partial charge in [0, 0.05) is 19.6 Å². The molecule has 3 heterocycles. The number of nitrogens with one attached hydrogen (secondary N) is 1. The van der Waals surface area contributed by atoms with Crippen LogP contribution in [0.15, 0.2) is 67.0 Å². The standard InChI is InChI=1S/C27H28N6O2/c1-34-17-22-13-12-21(35-22)16-33-18-30-25-26(31-24(14-28)32-27(25)33)29-15-23(19-8-4-2-5-9-19)20-10-6-3-7-11-20/h2-11,18,21-23H,12-13,15-17H2,1H3,(H,29,31,32). The Balaban J connectivity index is 1.40. The van der Waals surface area contributed by atoms with Gasteiger partial charge in [0.2, 0.25) is 5.82 Å². The number of methoxy groups -OCH3 is 1. The Labute approximate surface area is 204 Å². The van der Waals surface area contributed by atoms with Crippen LogP contribution in [-0.2, 0) is 16.0 Å². The molecule has 8 nitrogen and oxygen atoms in total. The van der Waals surface area contributed by atoms with Gasteiger partial charge in [-0.25, -0.2) is 4.98 Å². The first kappa shape index (κ1) is 23.0. The van der Waals surface area contributed by atoms with Gasteiger partial charge in [0.1, 0.15) is 6.07 Å². The SMILES string of the molecule is COCC1CCC(Cn2cnc3c(NCC(c4ccccc4)c4ccccc4)nc(C#N)nc32)O1. The average Bonchev–Trinajstić information content (AvgIpc) is 3.52. The minimum atomic E-state index is 0.0602. The van der Waals surface area contributed by atoms with Crippen molar-refractivity contribution < 1.29 is 9.47 Å². The smallest absolute Gasteiger partial charge is 0.236 e. The van der Waals surface area contributed by atoms with Crippen molar-refractivity contribution in [3.8, 4) is 6.07 Å². The van der Waals surface area contributed by atoms with Crippen molar-refractivity contribution in [1.29, 1.82) is 5.26 Å². The van der Waals surface area contributed by atoms with E-state index in [0.717, 1.165) is 12.8 Å². The Bertz CT molecular complexity index is 1260. The number of anilines is 1. The van der Waals surface area contributed by atoms with Crippen LogP contribution in [0.5, 0.6) is 0 Å². The molecule has 0 amide bonds. The number of nitrogens with zero attached hydrogens (tertiary/aromatic N) is 5. The van der Waals surface area contributed by atoms with Crippen LogP contribution in [0, 0.1) is 11.3 Å². The summed E-state index contributed by atoms with van der Waals surface area (Å²) >= 11 is 0. The average molecular weight is 469 g/mol. The molecule has 0 saturated carbocycles. The van der Waals surface area contributed by atoms with E-state index in [1.54, 1.807) is 13.4 Å². The molecule has 35 heavy (non-hydrogen) atoms. The zero-order chi connectivity index (χ0) is 24.0. The van der Waals surface area contributed by atoms with Crippen molar-refractivity contribution in [2.24, 2.45) is 0 Å². The fourth-order valence-corrected chi connectivity index (χ4v) is 4.69. The molecule has 4 aromatic rings. The van der Waals surface area contributed by atoms with Gasteiger partial charge in [0.15, 0.2) is 17.0 Å². The number of ether oxygens (including phenoxy) is 2. The fraction of sp³-hybridized carbons (Fsp3) is 0.333. The first-order chi connectivity index (χ1) is 17.2. The van der Waals surface area contributed by atoms with Gasteiger partial charge >= 0.3 is 0 Å². The highest BCUT2D eigenvalue weighted by Gasteiger charge is 2.26. The van der Waals surface area contributed by atoms with Crippen molar-refractivity contribution in [2.45, 2.75) is 37.5 Å². The Morgan fingerprint density at radius 3 is 2.40 bits per heavy atom. The van der Waals surface area contributed by atoms with E-state index in [4.69, 9.17) is 9.47 Å². The quantitative estimate of drug-likeness (QED) is 0.394. The predicted molar refractivity (Wildman–Crippen MR) is 133 cm³/mol. The van der Waals surface area contributed by atoms with Gasteiger partial charge in [-0.05, 0) is 24.0 Å². The molecule has 0 bridgehead atoms. The molecule has 2 aromatic heterocycles. The van der Waals surface area contributed by atoms with Crippen LogP contribution in [-0.4, -0.2) is 52.0 Å². The number of hydrogen-bond donors (Lipinski definition) is 1. The summed E-state index contributed by atoms with van der Waals surface area (Å²) in [5, 5.41) is 13.1. The number of benzene rings is 2. The maximum Gasteiger partial charge on any atom is 0.236 e. The molecule has 1 saturated heterocycles. The summed E-state index contributed by atoms with van der Waals surface area (Å²) < 4.78 is 13.3. The topological polar surface area (TPSA) is 97.9 Å². The summed E-state index contributed by atoms with van der Waals surface area (Å²) in [4.78, 5) is 13.5. The Hall–Kier alpha value is -3.80. The molecule has 1 N–H and O–H groups in total. The van der Waals surface area contributed by atoms with E-state index in [0.29, 0.717) is 36.7 Å². The van der Waals surface area contributed by atoms with Gasteiger partial charge in [-0.15, -0.1) is 0 Å². The molecule has 2 aromatic carbocycles. The predicted octanol–water partition coefficient (Wildman–Crippen LogP) is 4.14. The minimum Gasteiger partial charge on any atom is -0.382 e. The van der Waals surface area contributed by atoms with Crippen LogP contribution in [0.3, 0.4) is 0 Å². The van der Waals surface area contributed by atoms with Gasteiger partial charge in [0.25, 0.3) is 0 Å². The first-order valence-corrected chi connectivity index (χ1v) is 11.9. The van der Waals surface area contributed by atoms with Crippen LogP contribution in [0.25, 0.3) is 11.2 Å². The molecule has 1 aliphatic rings. The number of imidazole rings is 1. The van der Waals surface area contributed by atoms with Gasteiger partial charge < -0.3 is 19.4 Å². The number of fused-ring (bicyclic) bond motifs is 1. The molecule has 8 heteroatoms. The number of hydrogen-bond acceptors (Lipinski definition) is 7. The summed E-state index contributed by atoms with van der Waals surface area (Å²) in [6, 6.07) is 22.8. The normalized spacial score (nSPS) is 17.6. The molecule has 2 atom stereocenters. The highest BCUT2D eigenvalue weighted by Crippen LogP contribution is 2.27. The highest BCUT2D eigenvalue weighted by atomic mass is 16.5. The highest BCUT2D eigenvalue weighted by molar-refractivity contribution is 5.83. The second kappa shape index (κ2) is 10.6. The van der Waals surface area contributed by atoms with Crippen LogP contribution in [0.2, 0.25) is 0 Å². The third-order valence-corrected chi connectivity index (χ3v) is 6.39. The second-order valence-corrected chi connectivity index (χ2v) is 8.74. The van der Waals surface area contributed by atoms with Crippen molar-refractivity contribution in [1.82, 2.24) is 19.5 Å². The maximum absolute atomic E-state index is 9.59. The van der Waals surface area contributed by atoms with E-state index in [1.165, 1.54) is 11.1 Å². The molecular weight excluding hydrogens is 440 g/mol. The second-order valence-electron chi connectivity index (χ2n) is 8.74. The van der Waals surface area contributed by atoms with Crippen molar-refractivity contribution in [2.75, 3.05) is 25.6 Å². The summed E-state index contributed by atoms with van der Waals surface area (Å²) in [6.45, 7) is 1.82. The van der Waals surface area contributed by atoms with Crippen molar-refractivity contribution >= 4 is 17.0 Å². The van der Waals surface area contributed by atoms with E-state index >= 15 is 0 Å². The van der Waals surface area contributed by atoms with Crippen LogP contribution in [0.4, 0.5) is 5.82 Å². The number of nitriles is 1. The molecule has 0 radical (unpaired) electrons. The molecule has 1 aliphatic heterocycles. The third kappa shape index (κ3) is 5.16. The Morgan fingerprint density at radius 2 is 1.74 bits per heavy atom. The third-order valence-electron chi connectivity index (χ3n) is 6.39. The monoisotopic (exact) mass is 468 g/mol. The lowest BCUT2D eigenvalue weighted by Crippen LogP contribution is -2.20. The number of aromatic nitrogens is 4. The zero-order valence-electron chi connectivity index (χ0n) is 19.7. The summed E-state index contributed by atoms with van der Waals surface area (Å²) in [5.74, 6) is 0.786. The molecule has 1 fully saturated rings. The number of rotatable bonds is 9. The largest absolute Gasteiger partial charge is 0.382 e. The first-order valence-electron chi connectivity index (χ1n) is 11.9. The molecule has 0 aliphatic carbocycles. The lowest BCUT2D eigenvalue weighted by molar-refractivity contribution is -0.00677. The molecule has 178 valence electrons. The van der Waals surface area contributed by atoms with E-state index in [9.17, 15) is 5.26 Å². The van der Waals surface area contributed by atoms with Crippen molar-refractivity contribution in [3.05, 3.63) is 83.9 Å². The van der Waals surface area contributed by atoms with Gasteiger partial charge in [0.05, 0.1) is 31.7 Å². The fourth-order valence-electron chi connectivity index (χ4n) is 4.69. The van der Waals surface area contributed by atoms with E-state index in [-0.39, 0.29) is 24.0 Å². The molecule has 0 spiro atoms. The molecule has 2 unspecified atom stereocenters. The van der Waals surface area contributed by atoms with Crippen molar-refractivity contribution in [3.63, 3.8) is 0 Å². The van der Waals surface area contributed by atoms with E-state index in [2.05, 4.69) is 50.6 Å². The van der Waals surface area contributed by atoms with E-state index in [1.807, 2.05) is 41.0 Å². The molecule has 5 rings (SSSR count). The van der Waals surface area contributed by atoms with E-state index < -0.39 is 0 Å². The zero-order valence-corrected chi connectivity index (χ0v) is 19.7. The van der Waals surface area contributed by atoms with Gasteiger partial charge in [-0.2, -0.15) is 15.2 Å². The van der Waals surface area contributed by atoms with Crippen LogP contribution in [0.1, 0.15) is 35.7 Å². The Morgan fingerprint density at radius 1 is 1.06 bits per heavy atom. The minimum absolute atomic E-state index is 0.0602. The lowest BCUT2D eigenvalue weighted by Gasteiger charge is -2.19. The summed E-state index contributed by atoms with van der Waals surface area (Å²) in [6.07, 6.45) is 3.85. The Kier molecular flexibility index (Phi) is 6.98. The summed E-state index contributed by atoms with van der Waals surface area (Å²) in [5.41, 5.74) is 3.68. The van der Waals surface area contributed by atoms with Crippen LogP contribution >= 0.6 is 0 Å². The summed E-state index contributed by atoms with van der Waals surface area (Å²) in [7, 11) is 1.69. The maximum atomic E-state index is 9.59. The van der Waals surface area contributed by atoms with Gasteiger partial charge in [-0.3, -0.25) is 0 Å². The van der Waals surface area contributed by atoms with Crippen LogP contribution < -0.4 is 5.32 Å².